The molecule has 0 unspecified atom stereocenters. The maximum absolute atomic E-state index is 2.38. The summed E-state index contributed by atoms with van der Waals surface area (Å²) in [5.74, 6) is 0. The van der Waals surface area contributed by atoms with Gasteiger partial charge in [0.25, 0.3) is 0 Å². The highest BCUT2D eigenvalue weighted by atomic mass is 14.2. The van der Waals surface area contributed by atoms with E-state index in [1.807, 2.05) is 0 Å². The van der Waals surface area contributed by atoms with E-state index in [1.165, 1.54) is 98.4 Å². The highest BCUT2D eigenvalue weighted by Crippen LogP contribution is 2.49. The maximum atomic E-state index is 2.38. The third-order valence-electron chi connectivity index (χ3n) is 10.2. The van der Waals surface area contributed by atoms with E-state index < -0.39 is 0 Å². The van der Waals surface area contributed by atoms with Gasteiger partial charge in [0.15, 0.2) is 0 Å². The molecule has 0 amide bonds. The van der Waals surface area contributed by atoms with E-state index in [2.05, 4.69) is 182 Å². The Morgan fingerprint density at radius 1 is 0.208 bits per heavy atom. The molecule has 10 aromatic carbocycles. The second-order valence-corrected chi connectivity index (χ2v) is 12.8. The Bertz CT molecular complexity index is 2810. The van der Waals surface area contributed by atoms with Crippen molar-refractivity contribution in [3.05, 3.63) is 182 Å². The van der Waals surface area contributed by atoms with E-state index in [9.17, 15) is 0 Å². The average Bonchev–Trinajstić information content (AvgIpc) is 3.17. The van der Waals surface area contributed by atoms with Gasteiger partial charge < -0.3 is 0 Å². The fourth-order valence-electron chi connectivity index (χ4n) is 8.19. The van der Waals surface area contributed by atoms with Gasteiger partial charge in [-0.3, -0.25) is 0 Å². The number of hydrogen-bond acceptors (Lipinski definition) is 0. The first-order chi connectivity index (χ1) is 23.8. The molecule has 0 nitrogen and oxygen atoms in total. The van der Waals surface area contributed by atoms with Crippen LogP contribution in [-0.4, -0.2) is 0 Å². The molecule has 0 N–H and O–H groups in total. The molecule has 10 aromatic rings. The predicted octanol–water partition coefficient (Wildman–Crippen LogP) is 13.6. The van der Waals surface area contributed by atoms with Gasteiger partial charge in [-0.05, 0) is 104 Å². The molecule has 0 heteroatoms. The standard InChI is InChI=1S/C48H30/c1-3-14-31(15-4-1)33-18-11-19-34(30-33)45-39-22-9-10-23-41(39)48-44-29-28-37(36-21-8-7-20-35(36)32-16-5-2-6-17-32)38-24-12-25-40(46(38)44)42-26-13-27-43(45)47(42)48/h1-30H. The van der Waals surface area contributed by atoms with Crippen molar-refractivity contribution >= 4 is 53.9 Å². The molecule has 0 saturated heterocycles. The Kier molecular flexibility index (Phi) is 5.98. The second kappa shape index (κ2) is 10.7. The molecule has 0 aliphatic rings. The fraction of sp³-hybridized carbons (Fsp3) is 0. The van der Waals surface area contributed by atoms with Crippen molar-refractivity contribution in [2.45, 2.75) is 0 Å². The van der Waals surface area contributed by atoms with Gasteiger partial charge >= 0.3 is 0 Å². The molecule has 0 heterocycles. The van der Waals surface area contributed by atoms with Gasteiger partial charge in [-0.2, -0.15) is 0 Å². The van der Waals surface area contributed by atoms with Crippen LogP contribution in [0.1, 0.15) is 0 Å². The van der Waals surface area contributed by atoms with Gasteiger partial charge in [-0.15, -0.1) is 0 Å². The Morgan fingerprint density at radius 3 is 1.50 bits per heavy atom. The second-order valence-electron chi connectivity index (χ2n) is 12.8. The molecular formula is C48H30. The van der Waals surface area contributed by atoms with Crippen molar-refractivity contribution in [1.29, 1.82) is 0 Å². The van der Waals surface area contributed by atoms with Crippen LogP contribution in [-0.2, 0) is 0 Å². The minimum absolute atomic E-state index is 1.23. The van der Waals surface area contributed by atoms with Crippen molar-refractivity contribution in [2.75, 3.05) is 0 Å². The maximum Gasteiger partial charge on any atom is -0.00137 e. The van der Waals surface area contributed by atoms with Crippen LogP contribution >= 0.6 is 0 Å². The van der Waals surface area contributed by atoms with Crippen LogP contribution < -0.4 is 0 Å². The Hall–Kier alpha value is -6.24. The SMILES string of the molecule is c1ccc(-c2cccc(-c3c4ccccc4c4c5ccc(-c6ccccc6-c6ccccc6)c6cccc(c7cccc3c74)c65)c2)cc1. The van der Waals surface area contributed by atoms with Crippen molar-refractivity contribution in [3.8, 4) is 44.5 Å². The lowest BCUT2D eigenvalue weighted by Crippen LogP contribution is -1.93. The Labute approximate surface area is 279 Å². The predicted molar refractivity (Wildman–Crippen MR) is 207 cm³/mol. The van der Waals surface area contributed by atoms with E-state index in [4.69, 9.17) is 0 Å². The highest BCUT2D eigenvalue weighted by molar-refractivity contribution is 6.41. The zero-order valence-electron chi connectivity index (χ0n) is 26.3. The first-order valence-electron chi connectivity index (χ1n) is 16.7. The molecule has 222 valence electrons. The summed E-state index contributed by atoms with van der Waals surface area (Å²) in [7, 11) is 0. The van der Waals surface area contributed by atoms with Crippen molar-refractivity contribution in [3.63, 3.8) is 0 Å². The van der Waals surface area contributed by atoms with E-state index in [0.29, 0.717) is 0 Å². The molecule has 0 atom stereocenters. The molecule has 10 rings (SSSR count). The molecule has 0 radical (unpaired) electrons. The lowest BCUT2D eigenvalue weighted by atomic mass is 9.81. The van der Waals surface area contributed by atoms with Crippen LogP contribution in [0.4, 0.5) is 0 Å². The van der Waals surface area contributed by atoms with E-state index >= 15 is 0 Å². The number of hydrogen-bond donors (Lipinski definition) is 0. The lowest BCUT2D eigenvalue weighted by Gasteiger charge is -2.21. The average molecular weight is 607 g/mol. The summed E-state index contributed by atoms with van der Waals surface area (Å²) in [6, 6.07) is 66.9. The molecule has 0 fully saturated rings. The van der Waals surface area contributed by atoms with E-state index in [-0.39, 0.29) is 0 Å². The summed E-state index contributed by atoms with van der Waals surface area (Å²) in [6.45, 7) is 0. The van der Waals surface area contributed by atoms with Gasteiger partial charge in [0.1, 0.15) is 0 Å². The number of rotatable bonds is 4. The third-order valence-corrected chi connectivity index (χ3v) is 10.2. The van der Waals surface area contributed by atoms with E-state index in [0.717, 1.165) is 0 Å². The first-order valence-corrected chi connectivity index (χ1v) is 16.7. The number of fused-ring (bicyclic) bond motifs is 4. The molecule has 0 bridgehead atoms. The van der Waals surface area contributed by atoms with Gasteiger partial charge in [-0.1, -0.05) is 176 Å². The molecule has 0 spiro atoms. The minimum Gasteiger partial charge on any atom is -0.0622 e. The van der Waals surface area contributed by atoms with Crippen LogP contribution in [0.2, 0.25) is 0 Å². The zero-order valence-corrected chi connectivity index (χ0v) is 26.3. The molecule has 48 heavy (non-hydrogen) atoms. The lowest BCUT2D eigenvalue weighted by molar-refractivity contribution is 1.60. The summed E-state index contributed by atoms with van der Waals surface area (Å²) in [4.78, 5) is 0. The van der Waals surface area contributed by atoms with Crippen LogP contribution in [0.5, 0.6) is 0 Å². The van der Waals surface area contributed by atoms with Gasteiger partial charge in [0.2, 0.25) is 0 Å². The van der Waals surface area contributed by atoms with Crippen molar-refractivity contribution in [2.24, 2.45) is 0 Å². The Balaban J connectivity index is 1.32. The summed E-state index contributed by atoms with van der Waals surface area (Å²) < 4.78 is 0. The quantitative estimate of drug-likeness (QED) is 0.138. The Morgan fingerprint density at radius 2 is 0.708 bits per heavy atom. The summed E-state index contributed by atoms with van der Waals surface area (Å²) in [5, 5.41) is 13.1. The van der Waals surface area contributed by atoms with Gasteiger partial charge in [0.05, 0.1) is 0 Å². The van der Waals surface area contributed by atoms with Crippen LogP contribution in [0, 0.1) is 0 Å². The van der Waals surface area contributed by atoms with Crippen LogP contribution in [0.3, 0.4) is 0 Å². The molecule has 0 aliphatic heterocycles. The van der Waals surface area contributed by atoms with E-state index in [1.54, 1.807) is 0 Å². The topological polar surface area (TPSA) is 0 Å². The minimum atomic E-state index is 1.23. The van der Waals surface area contributed by atoms with Crippen molar-refractivity contribution < 1.29 is 0 Å². The monoisotopic (exact) mass is 606 g/mol. The van der Waals surface area contributed by atoms with Crippen LogP contribution in [0.15, 0.2) is 182 Å². The smallest absolute Gasteiger partial charge is 0.00137 e. The van der Waals surface area contributed by atoms with Crippen LogP contribution in [0.25, 0.3) is 98.4 Å². The normalized spacial score (nSPS) is 11.8. The van der Waals surface area contributed by atoms with Crippen molar-refractivity contribution in [1.82, 2.24) is 0 Å². The summed E-state index contributed by atoms with van der Waals surface area (Å²) >= 11 is 0. The van der Waals surface area contributed by atoms with Gasteiger partial charge in [0, 0.05) is 0 Å². The first kappa shape index (κ1) is 26.9. The summed E-state index contributed by atoms with van der Waals surface area (Å²) in [6.07, 6.45) is 0. The molecule has 0 aliphatic carbocycles. The number of benzene rings is 10. The molecule has 0 aromatic heterocycles. The largest absolute Gasteiger partial charge is 0.0622 e. The third kappa shape index (κ3) is 3.96. The van der Waals surface area contributed by atoms with Gasteiger partial charge in [-0.25, -0.2) is 0 Å². The molecule has 0 saturated carbocycles. The highest BCUT2D eigenvalue weighted by Gasteiger charge is 2.21. The fourth-order valence-corrected chi connectivity index (χ4v) is 8.19. The zero-order chi connectivity index (χ0) is 31.6. The molecular weight excluding hydrogens is 577 g/mol. The summed E-state index contributed by atoms with van der Waals surface area (Å²) in [5.41, 5.74) is 10.0.